The Morgan fingerprint density at radius 2 is 2.14 bits per heavy atom. The average molecular weight is 196 g/mol. The van der Waals surface area contributed by atoms with Gasteiger partial charge in [0.15, 0.2) is 0 Å². The van der Waals surface area contributed by atoms with E-state index in [4.69, 9.17) is 0 Å². The van der Waals surface area contributed by atoms with Crippen LogP contribution in [-0.2, 0) is 4.79 Å². The molecular formula is C11H20N2O. The Morgan fingerprint density at radius 1 is 1.57 bits per heavy atom. The molecule has 0 radical (unpaired) electrons. The molecular weight excluding hydrogens is 176 g/mol. The summed E-state index contributed by atoms with van der Waals surface area (Å²) >= 11 is 0. The molecule has 0 aliphatic carbocycles. The summed E-state index contributed by atoms with van der Waals surface area (Å²) < 4.78 is 0. The van der Waals surface area contributed by atoms with Crippen LogP contribution in [0.15, 0.2) is 12.7 Å². The standard InChI is InChI=1S/C11H20N2O/c1-4-9-13(3)10(14)11(2)5-7-12-8-6-11/h4,12H,1,5-9H2,2-3H3. The van der Waals surface area contributed by atoms with Crippen molar-refractivity contribution in [2.75, 3.05) is 26.7 Å². The van der Waals surface area contributed by atoms with Crippen LogP contribution in [0.5, 0.6) is 0 Å². The number of carbonyl (C=O) groups is 1. The maximum Gasteiger partial charge on any atom is 0.228 e. The van der Waals surface area contributed by atoms with Crippen LogP contribution in [0.1, 0.15) is 19.8 Å². The number of rotatable bonds is 3. The number of piperidine rings is 1. The highest BCUT2D eigenvalue weighted by atomic mass is 16.2. The van der Waals surface area contributed by atoms with Gasteiger partial charge in [0.2, 0.25) is 5.91 Å². The van der Waals surface area contributed by atoms with Gasteiger partial charge in [-0.05, 0) is 25.9 Å². The van der Waals surface area contributed by atoms with E-state index in [1.54, 1.807) is 11.0 Å². The van der Waals surface area contributed by atoms with Gasteiger partial charge in [-0.25, -0.2) is 0 Å². The second kappa shape index (κ2) is 4.60. The van der Waals surface area contributed by atoms with Crippen molar-refractivity contribution in [1.29, 1.82) is 0 Å². The van der Waals surface area contributed by atoms with Crippen molar-refractivity contribution < 1.29 is 4.79 Å². The predicted molar refractivity (Wildman–Crippen MR) is 58.0 cm³/mol. The Hall–Kier alpha value is -0.830. The van der Waals surface area contributed by atoms with Crippen molar-refractivity contribution in [3.05, 3.63) is 12.7 Å². The summed E-state index contributed by atoms with van der Waals surface area (Å²) in [6.07, 6.45) is 3.64. The minimum atomic E-state index is -0.164. The first-order valence-electron chi connectivity index (χ1n) is 5.17. The molecule has 1 aliphatic rings. The van der Waals surface area contributed by atoms with Crippen LogP contribution < -0.4 is 5.32 Å². The van der Waals surface area contributed by atoms with Crippen LogP contribution >= 0.6 is 0 Å². The van der Waals surface area contributed by atoms with Gasteiger partial charge in [0.1, 0.15) is 0 Å². The van der Waals surface area contributed by atoms with E-state index in [0.717, 1.165) is 25.9 Å². The highest BCUT2D eigenvalue weighted by Gasteiger charge is 2.36. The summed E-state index contributed by atoms with van der Waals surface area (Å²) in [4.78, 5) is 13.8. The molecule has 1 rings (SSSR count). The number of hydrogen-bond acceptors (Lipinski definition) is 2. The van der Waals surface area contributed by atoms with Gasteiger partial charge in [-0.15, -0.1) is 6.58 Å². The molecule has 3 heteroatoms. The highest BCUT2D eigenvalue weighted by molar-refractivity contribution is 5.82. The topological polar surface area (TPSA) is 32.3 Å². The van der Waals surface area contributed by atoms with E-state index in [0.29, 0.717) is 6.54 Å². The number of amides is 1. The number of hydrogen-bond donors (Lipinski definition) is 1. The molecule has 0 unspecified atom stereocenters. The molecule has 0 aromatic carbocycles. The van der Waals surface area contributed by atoms with Crippen LogP contribution in [-0.4, -0.2) is 37.5 Å². The Bertz CT molecular complexity index is 219. The zero-order valence-corrected chi connectivity index (χ0v) is 9.18. The minimum Gasteiger partial charge on any atom is -0.342 e. The van der Waals surface area contributed by atoms with Crippen molar-refractivity contribution in [2.24, 2.45) is 5.41 Å². The number of nitrogens with zero attached hydrogens (tertiary/aromatic N) is 1. The van der Waals surface area contributed by atoms with E-state index >= 15 is 0 Å². The third-order valence-electron chi connectivity index (χ3n) is 2.97. The van der Waals surface area contributed by atoms with Gasteiger partial charge in [-0.2, -0.15) is 0 Å². The number of likely N-dealkylation sites (N-methyl/N-ethyl adjacent to an activating group) is 1. The zero-order valence-electron chi connectivity index (χ0n) is 9.18. The van der Waals surface area contributed by atoms with Crippen molar-refractivity contribution in [2.45, 2.75) is 19.8 Å². The molecule has 1 saturated heterocycles. The second-order valence-corrected chi connectivity index (χ2v) is 4.29. The third kappa shape index (κ3) is 2.35. The molecule has 14 heavy (non-hydrogen) atoms. The molecule has 1 amide bonds. The quantitative estimate of drug-likeness (QED) is 0.684. The first-order valence-corrected chi connectivity index (χ1v) is 5.17. The van der Waals surface area contributed by atoms with Crippen molar-refractivity contribution >= 4 is 5.91 Å². The first kappa shape index (κ1) is 11.2. The van der Waals surface area contributed by atoms with Gasteiger partial charge in [-0.1, -0.05) is 13.0 Å². The molecule has 1 aliphatic heterocycles. The van der Waals surface area contributed by atoms with Crippen LogP contribution in [0.2, 0.25) is 0 Å². The Labute approximate surface area is 86.2 Å². The molecule has 0 atom stereocenters. The fraction of sp³-hybridized carbons (Fsp3) is 0.727. The summed E-state index contributed by atoms with van der Waals surface area (Å²) in [5, 5.41) is 3.27. The number of carbonyl (C=O) groups excluding carboxylic acids is 1. The zero-order chi connectivity index (χ0) is 10.6. The van der Waals surface area contributed by atoms with Crippen LogP contribution in [0.4, 0.5) is 0 Å². The summed E-state index contributed by atoms with van der Waals surface area (Å²) in [6.45, 7) is 8.25. The van der Waals surface area contributed by atoms with E-state index in [1.807, 2.05) is 7.05 Å². The summed E-state index contributed by atoms with van der Waals surface area (Å²) in [6, 6.07) is 0. The Kier molecular flexibility index (Phi) is 3.69. The lowest BCUT2D eigenvalue weighted by Crippen LogP contribution is -2.46. The fourth-order valence-electron chi connectivity index (χ4n) is 1.93. The first-order chi connectivity index (χ1) is 6.60. The third-order valence-corrected chi connectivity index (χ3v) is 2.97. The largest absolute Gasteiger partial charge is 0.342 e. The molecule has 0 spiro atoms. The van der Waals surface area contributed by atoms with Crippen molar-refractivity contribution in [1.82, 2.24) is 10.2 Å². The molecule has 0 bridgehead atoms. The monoisotopic (exact) mass is 196 g/mol. The smallest absolute Gasteiger partial charge is 0.228 e. The van der Waals surface area contributed by atoms with Gasteiger partial charge in [-0.3, -0.25) is 4.79 Å². The maximum atomic E-state index is 12.1. The molecule has 0 aromatic heterocycles. The lowest BCUT2D eigenvalue weighted by Gasteiger charge is -2.35. The molecule has 1 N–H and O–H groups in total. The summed E-state index contributed by atoms with van der Waals surface area (Å²) in [5.41, 5.74) is -0.164. The molecule has 80 valence electrons. The lowest BCUT2D eigenvalue weighted by atomic mass is 9.80. The van der Waals surface area contributed by atoms with Crippen molar-refractivity contribution in [3.8, 4) is 0 Å². The number of nitrogens with one attached hydrogen (secondary N) is 1. The molecule has 1 heterocycles. The van der Waals surface area contributed by atoms with E-state index in [1.165, 1.54) is 0 Å². The maximum absolute atomic E-state index is 12.1. The SMILES string of the molecule is C=CCN(C)C(=O)C1(C)CCNCC1. The van der Waals surface area contributed by atoms with Gasteiger partial charge < -0.3 is 10.2 Å². The predicted octanol–water partition coefficient (Wildman–Crippen LogP) is 1.02. The second-order valence-electron chi connectivity index (χ2n) is 4.29. The van der Waals surface area contributed by atoms with E-state index in [-0.39, 0.29) is 11.3 Å². The minimum absolute atomic E-state index is 0.164. The van der Waals surface area contributed by atoms with Gasteiger partial charge >= 0.3 is 0 Å². The molecule has 3 nitrogen and oxygen atoms in total. The van der Waals surface area contributed by atoms with Gasteiger partial charge in [0, 0.05) is 19.0 Å². The lowest BCUT2D eigenvalue weighted by molar-refractivity contribution is -0.140. The Balaban J connectivity index is 2.60. The summed E-state index contributed by atoms with van der Waals surface area (Å²) in [7, 11) is 1.84. The summed E-state index contributed by atoms with van der Waals surface area (Å²) in [5.74, 6) is 0.249. The van der Waals surface area contributed by atoms with Crippen molar-refractivity contribution in [3.63, 3.8) is 0 Å². The van der Waals surface area contributed by atoms with E-state index < -0.39 is 0 Å². The molecule has 0 aromatic rings. The average Bonchev–Trinajstić information content (AvgIpc) is 2.18. The molecule has 1 fully saturated rings. The highest BCUT2D eigenvalue weighted by Crippen LogP contribution is 2.29. The van der Waals surface area contributed by atoms with Crippen LogP contribution in [0, 0.1) is 5.41 Å². The molecule has 0 saturated carbocycles. The van der Waals surface area contributed by atoms with Gasteiger partial charge in [0.05, 0.1) is 0 Å². The van der Waals surface area contributed by atoms with Crippen LogP contribution in [0.25, 0.3) is 0 Å². The normalized spacial score (nSPS) is 20.1. The van der Waals surface area contributed by atoms with E-state index in [9.17, 15) is 4.79 Å². The van der Waals surface area contributed by atoms with E-state index in [2.05, 4.69) is 18.8 Å². The van der Waals surface area contributed by atoms with Gasteiger partial charge in [0.25, 0.3) is 0 Å². The Morgan fingerprint density at radius 3 is 2.64 bits per heavy atom. The fourth-order valence-corrected chi connectivity index (χ4v) is 1.93. The van der Waals surface area contributed by atoms with Crippen LogP contribution in [0.3, 0.4) is 0 Å².